The summed E-state index contributed by atoms with van der Waals surface area (Å²) < 4.78 is 18.7. The molecular weight excluding hydrogens is 686 g/mol. The van der Waals surface area contributed by atoms with Crippen molar-refractivity contribution in [2.75, 3.05) is 13.2 Å². The van der Waals surface area contributed by atoms with Gasteiger partial charge in [0.25, 0.3) is 5.91 Å². The topological polar surface area (TPSA) is 118 Å². The van der Waals surface area contributed by atoms with Crippen molar-refractivity contribution in [1.29, 1.82) is 0 Å². The van der Waals surface area contributed by atoms with Gasteiger partial charge in [0.2, 0.25) is 5.90 Å². The number of hydrogen-bond donors (Lipinski definition) is 3. The summed E-state index contributed by atoms with van der Waals surface area (Å²) in [7, 11) is 0. The second-order valence-electron chi connectivity index (χ2n) is 13.1. The standard InChI is InChI=1S/C39H40BrN3O6/c1-38(2,3)49-33(45)21-22-39(37(46)43-42-34-29-13-6-4-11-27(29)28-12-5-7-14-30(28)34)35(31-15-8-9-16-32(31)40)48-36(41-39)25-17-19-26(20-18-25)47-24-10-23-44/h4-9,11-20,34-35,42,44H,10,21-24H2,1-3H3,(H,43,46)/t35-,39-/m0/s1. The maximum atomic E-state index is 14.7. The number of ether oxygens (including phenoxy) is 3. The molecule has 1 aliphatic heterocycles. The molecule has 1 aliphatic carbocycles. The molecular formula is C39H40BrN3O6. The van der Waals surface area contributed by atoms with E-state index in [-0.39, 0.29) is 31.4 Å². The first kappa shape index (κ1) is 34.4. The zero-order valence-electron chi connectivity index (χ0n) is 27.7. The van der Waals surface area contributed by atoms with E-state index >= 15 is 0 Å². The van der Waals surface area contributed by atoms with Crippen LogP contribution in [0.25, 0.3) is 11.1 Å². The Kier molecular flexibility index (Phi) is 10.2. The lowest BCUT2D eigenvalue weighted by molar-refractivity contribution is -0.155. The largest absolute Gasteiger partial charge is 0.494 e. The number of rotatable bonds is 12. The molecule has 0 bridgehead atoms. The fraction of sp³-hybridized carbons (Fsp3) is 0.308. The predicted molar refractivity (Wildman–Crippen MR) is 191 cm³/mol. The summed E-state index contributed by atoms with van der Waals surface area (Å²) >= 11 is 3.67. The molecule has 0 spiro atoms. The maximum absolute atomic E-state index is 14.7. The summed E-state index contributed by atoms with van der Waals surface area (Å²) in [6.07, 6.45) is -0.415. The lowest BCUT2D eigenvalue weighted by atomic mass is 9.83. The molecule has 9 nitrogen and oxygen atoms in total. The van der Waals surface area contributed by atoms with E-state index in [9.17, 15) is 9.59 Å². The van der Waals surface area contributed by atoms with Crippen LogP contribution < -0.4 is 15.6 Å². The maximum Gasteiger partial charge on any atom is 0.306 e. The molecule has 4 aromatic carbocycles. The highest BCUT2D eigenvalue weighted by atomic mass is 79.9. The molecule has 10 heteroatoms. The van der Waals surface area contributed by atoms with E-state index in [1.165, 1.54) is 0 Å². The van der Waals surface area contributed by atoms with E-state index < -0.39 is 29.1 Å². The van der Waals surface area contributed by atoms with Gasteiger partial charge < -0.3 is 19.3 Å². The minimum absolute atomic E-state index is 0.0190. The van der Waals surface area contributed by atoms with Crippen molar-refractivity contribution in [1.82, 2.24) is 10.9 Å². The van der Waals surface area contributed by atoms with Crippen molar-refractivity contribution < 1.29 is 28.9 Å². The second-order valence-corrected chi connectivity index (χ2v) is 14.0. The van der Waals surface area contributed by atoms with E-state index in [4.69, 9.17) is 24.3 Å². The third kappa shape index (κ3) is 7.41. The molecule has 3 N–H and O–H groups in total. The van der Waals surface area contributed by atoms with Crippen LogP contribution in [0, 0.1) is 0 Å². The average Bonchev–Trinajstić information content (AvgIpc) is 3.63. The molecule has 0 saturated carbocycles. The van der Waals surface area contributed by atoms with Crippen LogP contribution in [0.15, 0.2) is 107 Å². The second kappa shape index (κ2) is 14.5. The van der Waals surface area contributed by atoms with E-state index in [2.05, 4.69) is 38.9 Å². The van der Waals surface area contributed by atoms with Gasteiger partial charge in [-0.3, -0.25) is 15.0 Å². The molecule has 1 heterocycles. The molecule has 0 aromatic heterocycles. The van der Waals surface area contributed by atoms with Crippen LogP contribution in [0.5, 0.6) is 5.75 Å². The summed E-state index contributed by atoms with van der Waals surface area (Å²) in [6.45, 7) is 5.86. The summed E-state index contributed by atoms with van der Waals surface area (Å²) in [5.41, 5.74) is 9.70. The van der Waals surface area contributed by atoms with Gasteiger partial charge in [0.1, 0.15) is 11.4 Å². The molecule has 0 radical (unpaired) electrons. The number of hydrogen-bond acceptors (Lipinski definition) is 8. The Morgan fingerprint density at radius 2 is 1.51 bits per heavy atom. The predicted octanol–water partition coefficient (Wildman–Crippen LogP) is 6.98. The molecule has 4 aromatic rings. The highest BCUT2D eigenvalue weighted by Crippen LogP contribution is 2.46. The molecule has 1 amide bonds. The van der Waals surface area contributed by atoms with Gasteiger partial charge in [0.15, 0.2) is 11.6 Å². The number of carbonyl (C=O) groups is 2. The van der Waals surface area contributed by atoms with Crippen LogP contribution in [0.3, 0.4) is 0 Å². The van der Waals surface area contributed by atoms with E-state index in [0.29, 0.717) is 29.9 Å². The molecule has 2 atom stereocenters. The van der Waals surface area contributed by atoms with Gasteiger partial charge in [0.05, 0.1) is 12.6 Å². The first-order valence-electron chi connectivity index (χ1n) is 16.4. The van der Waals surface area contributed by atoms with Gasteiger partial charge in [-0.1, -0.05) is 82.7 Å². The van der Waals surface area contributed by atoms with Crippen LogP contribution in [0.1, 0.15) is 74.4 Å². The SMILES string of the molecule is CC(C)(C)OC(=O)CC[C@]1(C(=O)NNC2c3ccccc3-c3ccccc32)N=C(c2ccc(OCCCO)cc2)O[C@H]1c1ccccc1Br. The summed E-state index contributed by atoms with van der Waals surface area (Å²) in [4.78, 5) is 32.9. The number of carbonyl (C=O) groups excluding carboxylic acids is 2. The van der Waals surface area contributed by atoms with Crippen molar-refractivity contribution in [2.45, 2.75) is 63.3 Å². The number of aliphatic imine (C=N–C) groups is 1. The molecule has 6 rings (SSSR count). The van der Waals surface area contributed by atoms with Gasteiger partial charge in [-0.05, 0) is 79.8 Å². The lowest BCUT2D eigenvalue weighted by Gasteiger charge is -2.32. The fourth-order valence-electron chi connectivity index (χ4n) is 6.28. The third-order valence-electron chi connectivity index (χ3n) is 8.51. The Labute approximate surface area is 294 Å². The molecule has 0 saturated heterocycles. The molecule has 0 fully saturated rings. The van der Waals surface area contributed by atoms with Gasteiger partial charge >= 0.3 is 5.97 Å². The van der Waals surface area contributed by atoms with Crippen molar-refractivity contribution >= 4 is 33.7 Å². The van der Waals surface area contributed by atoms with Gasteiger partial charge in [0, 0.05) is 35.0 Å². The first-order chi connectivity index (χ1) is 23.6. The Morgan fingerprint density at radius 1 is 0.898 bits per heavy atom. The number of halogens is 1. The van der Waals surface area contributed by atoms with Gasteiger partial charge in [-0.25, -0.2) is 10.4 Å². The highest BCUT2D eigenvalue weighted by molar-refractivity contribution is 9.10. The number of fused-ring (bicyclic) bond motifs is 3. The number of hydrazine groups is 1. The van der Waals surface area contributed by atoms with Crippen molar-refractivity contribution in [3.63, 3.8) is 0 Å². The number of nitrogens with one attached hydrogen (secondary N) is 2. The fourth-order valence-corrected chi connectivity index (χ4v) is 6.77. The molecule has 2 aliphatic rings. The lowest BCUT2D eigenvalue weighted by Crippen LogP contribution is -2.53. The van der Waals surface area contributed by atoms with Crippen LogP contribution in [0.4, 0.5) is 0 Å². The number of nitrogens with zero attached hydrogens (tertiary/aromatic N) is 1. The van der Waals surface area contributed by atoms with Crippen molar-refractivity contribution in [2.24, 2.45) is 4.99 Å². The van der Waals surface area contributed by atoms with E-state index in [1.807, 2.05) is 93.6 Å². The number of benzene rings is 4. The Morgan fingerprint density at radius 3 is 2.12 bits per heavy atom. The van der Waals surface area contributed by atoms with E-state index in [0.717, 1.165) is 26.7 Å². The Bertz CT molecular complexity index is 1810. The normalized spacial score (nSPS) is 18.2. The number of esters is 1. The highest BCUT2D eigenvalue weighted by Gasteiger charge is 2.54. The number of aliphatic hydroxyl groups excluding tert-OH is 1. The smallest absolute Gasteiger partial charge is 0.306 e. The minimum atomic E-state index is -1.56. The van der Waals surface area contributed by atoms with Crippen LogP contribution >= 0.6 is 15.9 Å². The van der Waals surface area contributed by atoms with Crippen LogP contribution in [-0.2, 0) is 19.1 Å². The molecule has 254 valence electrons. The summed E-state index contributed by atoms with van der Waals surface area (Å²) in [5.74, 6) is 0.00906. The third-order valence-corrected chi connectivity index (χ3v) is 9.23. The van der Waals surface area contributed by atoms with Crippen LogP contribution in [-0.4, -0.2) is 47.2 Å². The Balaban J connectivity index is 1.37. The number of amides is 1. The monoisotopic (exact) mass is 725 g/mol. The molecule has 49 heavy (non-hydrogen) atoms. The van der Waals surface area contributed by atoms with Crippen LogP contribution in [0.2, 0.25) is 0 Å². The Hall–Kier alpha value is -4.51. The van der Waals surface area contributed by atoms with E-state index in [1.54, 1.807) is 12.1 Å². The van der Waals surface area contributed by atoms with Crippen molar-refractivity contribution in [3.8, 4) is 16.9 Å². The van der Waals surface area contributed by atoms with Crippen molar-refractivity contribution in [3.05, 3.63) is 124 Å². The average molecular weight is 727 g/mol. The molecule has 0 unspecified atom stereocenters. The van der Waals surface area contributed by atoms with Gasteiger partial charge in [-0.2, -0.15) is 0 Å². The zero-order valence-corrected chi connectivity index (χ0v) is 29.3. The summed E-state index contributed by atoms with van der Waals surface area (Å²) in [5, 5.41) is 9.10. The van der Waals surface area contributed by atoms with Gasteiger partial charge in [-0.15, -0.1) is 0 Å². The minimum Gasteiger partial charge on any atom is -0.494 e. The summed E-state index contributed by atoms with van der Waals surface area (Å²) in [6, 6.07) is 30.7. The quantitative estimate of drug-likeness (QED) is 0.0820. The first-order valence-corrected chi connectivity index (χ1v) is 17.2. The zero-order chi connectivity index (χ0) is 34.6. The number of aliphatic hydroxyl groups is 1.